The van der Waals surface area contributed by atoms with Crippen molar-refractivity contribution < 1.29 is 19.1 Å². The minimum atomic E-state index is -0.621. The van der Waals surface area contributed by atoms with Crippen LogP contribution in [0.15, 0.2) is 12.1 Å². The fraction of sp³-hybridized carbons (Fsp3) is 0.556. The van der Waals surface area contributed by atoms with Gasteiger partial charge in [-0.15, -0.1) is 0 Å². The van der Waals surface area contributed by atoms with E-state index in [1.165, 1.54) is 7.11 Å². The van der Waals surface area contributed by atoms with Gasteiger partial charge >= 0.3 is 5.97 Å². The summed E-state index contributed by atoms with van der Waals surface area (Å²) >= 11 is 0. The molecule has 1 aromatic carbocycles. The highest BCUT2D eigenvalue weighted by molar-refractivity contribution is 5.86. The summed E-state index contributed by atoms with van der Waals surface area (Å²) in [6.45, 7) is 7.92. The number of benzene rings is 1. The molecule has 0 bridgehead atoms. The first-order valence-corrected chi connectivity index (χ1v) is 7.79. The number of nitrogens with one attached hydrogen (secondary N) is 1. The van der Waals surface area contributed by atoms with E-state index in [1.807, 2.05) is 39.8 Å². The molecule has 5 heteroatoms. The minimum absolute atomic E-state index is 0.168. The number of methoxy groups -OCH3 is 2. The molecule has 0 aromatic heterocycles. The van der Waals surface area contributed by atoms with Gasteiger partial charge in [-0.05, 0) is 43.4 Å². The van der Waals surface area contributed by atoms with Crippen molar-refractivity contribution in [1.82, 2.24) is 5.32 Å². The average molecular weight is 321 g/mol. The molecule has 1 aromatic rings. The molecular weight excluding hydrogens is 294 g/mol. The van der Waals surface area contributed by atoms with Gasteiger partial charge in [0, 0.05) is 5.56 Å². The fourth-order valence-corrected chi connectivity index (χ4v) is 2.60. The number of carbonyl (C=O) groups excluding carboxylic acids is 2. The number of hydrogen-bond donors (Lipinski definition) is 1. The molecule has 0 aliphatic rings. The predicted octanol–water partition coefficient (Wildman–Crippen LogP) is 2.56. The van der Waals surface area contributed by atoms with Gasteiger partial charge in [-0.25, -0.2) is 4.79 Å². The summed E-state index contributed by atoms with van der Waals surface area (Å²) in [5, 5.41) is 2.77. The second-order valence-corrected chi connectivity index (χ2v) is 6.21. The first-order valence-electron chi connectivity index (χ1n) is 7.79. The molecule has 0 radical (unpaired) electrons. The Morgan fingerprint density at radius 3 is 2.35 bits per heavy atom. The molecule has 0 unspecified atom stereocenters. The molecule has 0 aliphatic carbocycles. The van der Waals surface area contributed by atoms with E-state index < -0.39 is 12.0 Å². The Kier molecular flexibility index (Phi) is 7.07. The van der Waals surface area contributed by atoms with Crippen molar-refractivity contribution in [3.05, 3.63) is 28.8 Å². The van der Waals surface area contributed by atoms with Crippen LogP contribution in [0.3, 0.4) is 0 Å². The van der Waals surface area contributed by atoms with Crippen molar-refractivity contribution in [1.29, 1.82) is 0 Å². The number of carbonyl (C=O) groups is 2. The van der Waals surface area contributed by atoms with Gasteiger partial charge in [0.1, 0.15) is 11.8 Å². The number of aryl methyl sites for hydroxylation is 2. The van der Waals surface area contributed by atoms with E-state index >= 15 is 0 Å². The lowest BCUT2D eigenvalue weighted by Crippen LogP contribution is -2.43. The first kappa shape index (κ1) is 19.0. The Balaban J connectivity index is 2.88. The average Bonchev–Trinajstić information content (AvgIpc) is 2.47. The SMILES string of the molecule is COC(=O)[C@H](CC(C)C)NC(=O)Cc1c(C)cc(C)cc1OC. The Bertz CT molecular complexity index is 566. The van der Waals surface area contributed by atoms with Crippen molar-refractivity contribution in [3.63, 3.8) is 0 Å². The van der Waals surface area contributed by atoms with Gasteiger partial charge in [0.25, 0.3) is 0 Å². The van der Waals surface area contributed by atoms with Crippen molar-refractivity contribution in [2.75, 3.05) is 14.2 Å². The lowest BCUT2D eigenvalue weighted by atomic mass is 10.00. The van der Waals surface area contributed by atoms with Crippen molar-refractivity contribution >= 4 is 11.9 Å². The maximum atomic E-state index is 12.4. The molecule has 0 saturated heterocycles. The molecule has 0 aliphatic heterocycles. The van der Waals surface area contributed by atoms with Crippen LogP contribution in [0, 0.1) is 19.8 Å². The highest BCUT2D eigenvalue weighted by atomic mass is 16.5. The largest absolute Gasteiger partial charge is 0.496 e. The summed E-state index contributed by atoms with van der Waals surface area (Å²) in [7, 11) is 2.92. The normalized spacial score (nSPS) is 12.0. The van der Waals surface area contributed by atoms with Crippen LogP contribution in [0.4, 0.5) is 0 Å². The molecule has 23 heavy (non-hydrogen) atoms. The maximum absolute atomic E-state index is 12.4. The van der Waals surface area contributed by atoms with E-state index in [2.05, 4.69) is 5.32 Å². The highest BCUT2D eigenvalue weighted by Crippen LogP contribution is 2.24. The molecule has 1 amide bonds. The van der Waals surface area contributed by atoms with Gasteiger partial charge in [0.15, 0.2) is 0 Å². The number of esters is 1. The van der Waals surface area contributed by atoms with Crippen molar-refractivity contribution in [3.8, 4) is 5.75 Å². The Morgan fingerprint density at radius 2 is 1.83 bits per heavy atom. The predicted molar refractivity (Wildman–Crippen MR) is 89.6 cm³/mol. The van der Waals surface area contributed by atoms with Gasteiger partial charge < -0.3 is 14.8 Å². The Morgan fingerprint density at radius 1 is 1.17 bits per heavy atom. The molecule has 0 saturated carbocycles. The number of ether oxygens (including phenoxy) is 2. The topological polar surface area (TPSA) is 64.6 Å². The van der Waals surface area contributed by atoms with Crippen LogP contribution in [0.25, 0.3) is 0 Å². The summed E-state index contributed by atoms with van der Waals surface area (Å²) in [6, 6.07) is 3.29. The van der Waals surface area contributed by atoms with Crippen LogP contribution in [0.5, 0.6) is 5.75 Å². The Hall–Kier alpha value is -2.04. The molecule has 0 heterocycles. The molecule has 128 valence electrons. The van der Waals surface area contributed by atoms with Gasteiger partial charge in [0.05, 0.1) is 20.6 Å². The third-order valence-electron chi connectivity index (χ3n) is 3.66. The van der Waals surface area contributed by atoms with Crippen LogP contribution in [0.2, 0.25) is 0 Å². The second kappa shape index (κ2) is 8.56. The fourth-order valence-electron chi connectivity index (χ4n) is 2.60. The monoisotopic (exact) mass is 321 g/mol. The zero-order chi connectivity index (χ0) is 17.6. The van der Waals surface area contributed by atoms with E-state index in [9.17, 15) is 9.59 Å². The molecule has 1 rings (SSSR count). The lowest BCUT2D eigenvalue weighted by molar-refractivity contribution is -0.145. The van der Waals surface area contributed by atoms with Gasteiger partial charge in [-0.1, -0.05) is 19.9 Å². The summed E-state index contributed by atoms with van der Waals surface area (Å²) in [6.07, 6.45) is 0.712. The zero-order valence-corrected chi connectivity index (χ0v) is 14.9. The standard InChI is InChI=1S/C18H27NO4/c1-11(2)7-15(18(21)23-6)19-17(20)10-14-13(4)8-12(3)9-16(14)22-5/h8-9,11,15H,7,10H2,1-6H3,(H,19,20)/t15-/m0/s1. The third-order valence-corrected chi connectivity index (χ3v) is 3.66. The number of rotatable bonds is 7. The summed E-state index contributed by atoms with van der Waals surface area (Å²) in [5.41, 5.74) is 2.91. The lowest BCUT2D eigenvalue weighted by Gasteiger charge is -2.19. The Labute approximate surface area is 138 Å². The van der Waals surface area contributed by atoms with Crippen LogP contribution >= 0.6 is 0 Å². The van der Waals surface area contributed by atoms with Crippen molar-refractivity contribution in [2.24, 2.45) is 5.92 Å². The van der Waals surface area contributed by atoms with Crippen LogP contribution in [-0.4, -0.2) is 32.1 Å². The molecule has 0 spiro atoms. The zero-order valence-electron chi connectivity index (χ0n) is 14.9. The third kappa shape index (κ3) is 5.58. The summed E-state index contributed by atoms with van der Waals surface area (Å²) in [4.78, 5) is 24.2. The second-order valence-electron chi connectivity index (χ2n) is 6.21. The van der Waals surface area contributed by atoms with Crippen LogP contribution < -0.4 is 10.1 Å². The molecular formula is C18H27NO4. The highest BCUT2D eigenvalue weighted by Gasteiger charge is 2.23. The maximum Gasteiger partial charge on any atom is 0.328 e. The van der Waals surface area contributed by atoms with Crippen LogP contribution in [-0.2, 0) is 20.7 Å². The molecule has 1 atom stereocenters. The quantitative estimate of drug-likeness (QED) is 0.784. The molecule has 1 N–H and O–H groups in total. The minimum Gasteiger partial charge on any atom is -0.496 e. The number of amides is 1. The van der Waals surface area contributed by atoms with Gasteiger partial charge in [-0.3, -0.25) is 4.79 Å². The van der Waals surface area contributed by atoms with E-state index in [0.717, 1.165) is 16.7 Å². The van der Waals surface area contributed by atoms with Crippen LogP contribution in [0.1, 0.15) is 37.0 Å². The number of hydrogen-bond acceptors (Lipinski definition) is 4. The van der Waals surface area contributed by atoms with Crippen molar-refractivity contribution in [2.45, 2.75) is 46.6 Å². The molecule has 0 fully saturated rings. The van der Waals surface area contributed by atoms with E-state index in [0.29, 0.717) is 12.2 Å². The molecule has 5 nitrogen and oxygen atoms in total. The smallest absolute Gasteiger partial charge is 0.328 e. The van der Waals surface area contributed by atoms with Gasteiger partial charge in [0.2, 0.25) is 5.91 Å². The summed E-state index contributed by atoms with van der Waals surface area (Å²) in [5.74, 6) is 0.331. The van der Waals surface area contributed by atoms with Gasteiger partial charge in [-0.2, -0.15) is 0 Å². The van der Waals surface area contributed by atoms with E-state index in [-0.39, 0.29) is 18.2 Å². The summed E-state index contributed by atoms with van der Waals surface area (Å²) < 4.78 is 10.1. The van der Waals surface area contributed by atoms with E-state index in [1.54, 1.807) is 7.11 Å². The first-order chi connectivity index (χ1) is 10.8. The van der Waals surface area contributed by atoms with E-state index in [4.69, 9.17) is 9.47 Å².